The van der Waals surface area contributed by atoms with Crippen molar-refractivity contribution >= 4 is 40.6 Å². The van der Waals surface area contributed by atoms with Gasteiger partial charge in [-0.2, -0.15) is 0 Å². The molecule has 0 spiro atoms. The molecule has 164 valence electrons. The average Bonchev–Trinajstić information content (AvgIpc) is 2.91. The van der Waals surface area contributed by atoms with E-state index < -0.39 is 0 Å². The first-order valence-corrected chi connectivity index (χ1v) is 12.7. The maximum absolute atomic E-state index is 2.51. The molecule has 3 aliphatic carbocycles. The first-order valence-electron chi connectivity index (χ1n) is 12.7. The molecule has 0 bridgehead atoms. The molecule has 0 amide bonds. The largest absolute Gasteiger partial charge is 0.0836 e. The van der Waals surface area contributed by atoms with E-state index in [4.69, 9.17) is 0 Å². The molecule has 0 saturated carbocycles. The summed E-state index contributed by atoms with van der Waals surface area (Å²) in [6.45, 7) is 0. The number of hydrogen-bond donors (Lipinski definition) is 0. The minimum absolute atomic E-state index is 1.10. The van der Waals surface area contributed by atoms with Crippen LogP contribution in [-0.4, -0.2) is 0 Å². The Morgan fingerprint density at radius 1 is 0.588 bits per heavy atom. The SMILES string of the molecule is C1=Cc2ccc(-c3c4c(c(C5=c6ccccc6=CCC5)c5ccccc35)=CCCC=4)cc2CC1. The second-order valence-electron chi connectivity index (χ2n) is 9.77. The lowest BCUT2D eigenvalue weighted by atomic mass is 9.82. The third-order valence-corrected chi connectivity index (χ3v) is 7.81. The van der Waals surface area contributed by atoms with Crippen LogP contribution in [0, 0.1) is 0 Å². The van der Waals surface area contributed by atoms with Crippen LogP contribution in [0.5, 0.6) is 0 Å². The van der Waals surface area contributed by atoms with Gasteiger partial charge in [0.05, 0.1) is 0 Å². The van der Waals surface area contributed by atoms with Crippen LogP contribution in [0.4, 0.5) is 0 Å². The molecule has 0 nitrogen and oxygen atoms in total. The van der Waals surface area contributed by atoms with Crippen LogP contribution < -0.4 is 20.9 Å². The molecule has 0 aromatic heterocycles. The Hall–Kier alpha value is -3.64. The molecular formula is C34H28. The summed E-state index contributed by atoms with van der Waals surface area (Å²) in [6, 6.07) is 25.2. The predicted molar refractivity (Wildman–Crippen MR) is 146 cm³/mol. The second kappa shape index (κ2) is 7.99. The lowest BCUT2D eigenvalue weighted by Crippen LogP contribution is -2.37. The zero-order valence-corrected chi connectivity index (χ0v) is 19.5. The molecule has 0 unspecified atom stereocenters. The van der Waals surface area contributed by atoms with Gasteiger partial charge in [0.2, 0.25) is 0 Å². The van der Waals surface area contributed by atoms with Crippen molar-refractivity contribution in [3.63, 3.8) is 0 Å². The van der Waals surface area contributed by atoms with E-state index in [2.05, 4.69) is 97.1 Å². The van der Waals surface area contributed by atoms with Crippen LogP contribution in [0.15, 0.2) is 72.8 Å². The third-order valence-electron chi connectivity index (χ3n) is 7.81. The minimum atomic E-state index is 1.10. The second-order valence-corrected chi connectivity index (χ2v) is 9.77. The van der Waals surface area contributed by atoms with Crippen LogP contribution in [-0.2, 0) is 6.42 Å². The number of rotatable bonds is 2. The Balaban J connectivity index is 1.63. The van der Waals surface area contributed by atoms with Crippen molar-refractivity contribution in [1.29, 1.82) is 0 Å². The smallest absolute Gasteiger partial charge is 0.00296 e. The highest BCUT2D eigenvalue weighted by atomic mass is 14.2. The maximum atomic E-state index is 2.51. The van der Waals surface area contributed by atoms with Crippen LogP contribution in [0.1, 0.15) is 48.8 Å². The Kier molecular flexibility index (Phi) is 4.65. The Morgan fingerprint density at radius 3 is 2.24 bits per heavy atom. The van der Waals surface area contributed by atoms with Gasteiger partial charge in [0.15, 0.2) is 0 Å². The Bertz CT molecular complexity index is 1740. The molecule has 0 N–H and O–H groups in total. The van der Waals surface area contributed by atoms with Crippen molar-refractivity contribution in [3.8, 4) is 11.1 Å². The summed E-state index contributed by atoms with van der Waals surface area (Å²) >= 11 is 0. The standard InChI is InChI=1S/C34H28/c1-2-12-25-22-26(21-20-23(25)10-1)33-29-15-5-7-17-31(29)34(32-18-8-6-16-30(32)33)28-19-9-13-24-11-3-4-14-27(24)28/h1,3-5,7,10-11,13-18,20-22H,2,6,8-9,12,19H2. The van der Waals surface area contributed by atoms with Crippen molar-refractivity contribution in [2.24, 2.45) is 0 Å². The molecule has 0 radical (unpaired) electrons. The quantitative estimate of drug-likeness (QED) is 0.384. The van der Waals surface area contributed by atoms with Gasteiger partial charge in [0.1, 0.15) is 0 Å². The maximum Gasteiger partial charge on any atom is -0.00296 e. The van der Waals surface area contributed by atoms with Gasteiger partial charge >= 0.3 is 0 Å². The van der Waals surface area contributed by atoms with Crippen LogP contribution in [0.3, 0.4) is 0 Å². The summed E-state index contributed by atoms with van der Waals surface area (Å²) in [5.74, 6) is 0. The lowest BCUT2D eigenvalue weighted by molar-refractivity contribution is 0.986. The van der Waals surface area contributed by atoms with E-state index >= 15 is 0 Å². The third kappa shape index (κ3) is 3.06. The summed E-state index contributed by atoms with van der Waals surface area (Å²) in [5.41, 5.74) is 8.62. The lowest BCUT2D eigenvalue weighted by Gasteiger charge is -2.21. The summed E-state index contributed by atoms with van der Waals surface area (Å²) < 4.78 is 0. The van der Waals surface area contributed by atoms with E-state index in [9.17, 15) is 0 Å². The molecular weight excluding hydrogens is 408 g/mol. The number of benzene rings is 4. The fourth-order valence-corrected chi connectivity index (χ4v) is 6.30. The first-order chi connectivity index (χ1) is 16.9. The van der Waals surface area contributed by atoms with Gasteiger partial charge in [0.25, 0.3) is 0 Å². The van der Waals surface area contributed by atoms with Crippen LogP contribution >= 0.6 is 0 Å². The molecule has 0 aliphatic heterocycles. The molecule has 0 heteroatoms. The summed E-state index contributed by atoms with van der Waals surface area (Å²) in [6.07, 6.45) is 18.7. The predicted octanol–water partition coefficient (Wildman–Crippen LogP) is 5.59. The molecule has 3 aliphatic rings. The van der Waals surface area contributed by atoms with Crippen molar-refractivity contribution in [2.75, 3.05) is 0 Å². The zero-order chi connectivity index (χ0) is 22.5. The molecule has 34 heavy (non-hydrogen) atoms. The van der Waals surface area contributed by atoms with Crippen LogP contribution in [0.25, 0.3) is 51.8 Å². The average molecular weight is 437 g/mol. The monoisotopic (exact) mass is 436 g/mol. The summed E-state index contributed by atoms with van der Waals surface area (Å²) in [7, 11) is 0. The van der Waals surface area contributed by atoms with Gasteiger partial charge in [-0.3, -0.25) is 0 Å². The van der Waals surface area contributed by atoms with E-state index in [0.717, 1.165) is 38.5 Å². The van der Waals surface area contributed by atoms with Gasteiger partial charge in [-0.25, -0.2) is 0 Å². The molecule has 7 rings (SSSR count). The zero-order valence-electron chi connectivity index (χ0n) is 19.5. The van der Waals surface area contributed by atoms with Crippen molar-refractivity contribution in [2.45, 2.75) is 38.5 Å². The molecule has 0 fully saturated rings. The highest BCUT2D eigenvalue weighted by molar-refractivity contribution is 6.04. The van der Waals surface area contributed by atoms with Gasteiger partial charge in [-0.15, -0.1) is 0 Å². The van der Waals surface area contributed by atoms with Crippen molar-refractivity contribution in [3.05, 3.63) is 110 Å². The van der Waals surface area contributed by atoms with Crippen LogP contribution in [0.2, 0.25) is 0 Å². The molecule has 4 aromatic rings. The highest BCUT2D eigenvalue weighted by Crippen LogP contribution is 2.33. The van der Waals surface area contributed by atoms with Gasteiger partial charge < -0.3 is 0 Å². The van der Waals surface area contributed by atoms with Crippen molar-refractivity contribution < 1.29 is 0 Å². The normalized spacial score (nSPS) is 16.1. The first kappa shape index (κ1) is 19.8. The van der Waals surface area contributed by atoms with E-state index in [1.807, 2.05) is 0 Å². The highest BCUT2D eigenvalue weighted by Gasteiger charge is 2.19. The number of aryl methyl sites for hydroxylation is 1. The van der Waals surface area contributed by atoms with E-state index in [-0.39, 0.29) is 0 Å². The van der Waals surface area contributed by atoms with E-state index in [1.54, 1.807) is 0 Å². The van der Waals surface area contributed by atoms with Gasteiger partial charge in [-0.1, -0.05) is 97.1 Å². The molecule has 0 atom stereocenters. The number of allylic oxidation sites excluding steroid dienone is 1. The summed E-state index contributed by atoms with van der Waals surface area (Å²) in [5, 5.41) is 8.46. The molecule has 4 aromatic carbocycles. The topological polar surface area (TPSA) is 0 Å². The fourth-order valence-electron chi connectivity index (χ4n) is 6.30. The number of hydrogen-bond acceptors (Lipinski definition) is 0. The van der Waals surface area contributed by atoms with Gasteiger partial charge in [-0.05, 0) is 104 Å². The van der Waals surface area contributed by atoms with Gasteiger partial charge in [0, 0.05) is 0 Å². The molecule has 0 saturated heterocycles. The number of fused-ring (bicyclic) bond motifs is 4. The Morgan fingerprint density at radius 2 is 1.35 bits per heavy atom. The fraction of sp³-hybridized carbons (Fsp3) is 0.176. The summed E-state index contributed by atoms with van der Waals surface area (Å²) in [4.78, 5) is 0. The van der Waals surface area contributed by atoms with E-state index in [1.165, 1.54) is 65.0 Å². The Labute approximate surface area is 200 Å². The van der Waals surface area contributed by atoms with E-state index in [0.29, 0.717) is 0 Å². The van der Waals surface area contributed by atoms with Crippen molar-refractivity contribution in [1.82, 2.24) is 0 Å². The molecule has 0 heterocycles. The minimum Gasteiger partial charge on any atom is -0.0836 e.